The van der Waals surface area contributed by atoms with Gasteiger partial charge in [0.15, 0.2) is 0 Å². The number of methoxy groups -OCH3 is 3. The number of amides is 1. The Hall–Kier alpha value is -4.20. The van der Waals surface area contributed by atoms with Gasteiger partial charge in [0.25, 0.3) is 0 Å². The molecule has 0 saturated carbocycles. The Morgan fingerprint density at radius 2 is 1.68 bits per heavy atom. The number of hydrogen-bond acceptors (Lipinski definition) is 6. The molecule has 2 heterocycles. The Balaban J connectivity index is 1.36. The van der Waals surface area contributed by atoms with E-state index in [-0.39, 0.29) is 11.8 Å². The third kappa shape index (κ3) is 5.05. The first-order valence-corrected chi connectivity index (χ1v) is 12.4. The molecule has 3 aromatic carbocycles. The molecule has 4 aromatic rings. The van der Waals surface area contributed by atoms with E-state index in [4.69, 9.17) is 23.9 Å². The minimum atomic E-state index is -0.0462. The summed E-state index contributed by atoms with van der Waals surface area (Å²) in [4.78, 5) is 19.9. The topological polar surface area (TPSA) is 75.1 Å². The molecule has 8 heteroatoms. The molecule has 8 nitrogen and oxygen atoms in total. The Labute approximate surface area is 216 Å². The molecule has 5 rings (SSSR count). The quantitative estimate of drug-likeness (QED) is 0.283. The second-order valence-corrected chi connectivity index (χ2v) is 8.93. The first kappa shape index (κ1) is 24.5. The van der Waals surface area contributed by atoms with Gasteiger partial charge in [0.2, 0.25) is 5.91 Å². The monoisotopic (exact) mass is 501 g/mol. The smallest absolute Gasteiger partial charge is 0.227 e. The van der Waals surface area contributed by atoms with Gasteiger partial charge in [-0.15, -0.1) is 0 Å². The highest BCUT2D eigenvalue weighted by Crippen LogP contribution is 2.39. The summed E-state index contributed by atoms with van der Waals surface area (Å²) in [5, 5.41) is 0. The van der Waals surface area contributed by atoms with Crippen LogP contribution in [0.1, 0.15) is 24.6 Å². The van der Waals surface area contributed by atoms with Crippen molar-refractivity contribution in [1.29, 1.82) is 0 Å². The van der Waals surface area contributed by atoms with Crippen LogP contribution < -0.4 is 23.8 Å². The van der Waals surface area contributed by atoms with Crippen LogP contribution in [-0.2, 0) is 11.3 Å². The minimum Gasteiger partial charge on any atom is -0.497 e. The molecule has 0 aliphatic carbocycles. The van der Waals surface area contributed by atoms with E-state index >= 15 is 0 Å². The zero-order valence-electron chi connectivity index (χ0n) is 21.3. The van der Waals surface area contributed by atoms with Crippen molar-refractivity contribution in [2.24, 2.45) is 0 Å². The van der Waals surface area contributed by atoms with Gasteiger partial charge in [0.05, 0.1) is 44.7 Å². The largest absolute Gasteiger partial charge is 0.497 e. The fourth-order valence-corrected chi connectivity index (χ4v) is 4.87. The number of rotatable bonds is 10. The number of para-hydroxylation sites is 2. The molecule has 1 atom stereocenters. The maximum Gasteiger partial charge on any atom is 0.227 e. The lowest BCUT2D eigenvalue weighted by Crippen LogP contribution is -2.25. The summed E-state index contributed by atoms with van der Waals surface area (Å²) in [5.74, 6) is 3.77. The highest BCUT2D eigenvalue weighted by Gasteiger charge is 2.36. The number of carbonyl (C=O) groups excluding carboxylic acids is 1. The molecule has 1 saturated heterocycles. The summed E-state index contributed by atoms with van der Waals surface area (Å²) in [6.45, 7) is 1.80. The summed E-state index contributed by atoms with van der Waals surface area (Å²) in [6, 6.07) is 21.2. The van der Waals surface area contributed by atoms with E-state index in [1.165, 1.54) is 0 Å². The van der Waals surface area contributed by atoms with Crippen LogP contribution in [0.25, 0.3) is 11.0 Å². The summed E-state index contributed by atoms with van der Waals surface area (Å²) in [6.07, 6.45) is 1.17. The van der Waals surface area contributed by atoms with Gasteiger partial charge in [-0.25, -0.2) is 4.98 Å². The number of aromatic nitrogens is 2. The van der Waals surface area contributed by atoms with Crippen LogP contribution in [0.4, 0.5) is 5.69 Å². The molecule has 192 valence electrons. The summed E-state index contributed by atoms with van der Waals surface area (Å²) in [7, 11) is 4.86. The van der Waals surface area contributed by atoms with Crippen LogP contribution in [0, 0.1) is 0 Å². The zero-order chi connectivity index (χ0) is 25.8. The number of ether oxygens (including phenoxy) is 4. The zero-order valence-corrected chi connectivity index (χ0v) is 21.3. The lowest BCUT2D eigenvalue weighted by molar-refractivity contribution is -0.117. The van der Waals surface area contributed by atoms with Crippen LogP contribution in [0.5, 0.6) is 23.0 Å². The Bertz CT molecular complexity index is 1400. The Morgan fingerprint density at radius 1 is 0.892 bits per heavy atom. The minimum absolute atomic E-state index is 0.0384. The van der Waals surface area contributed by atoms with Gasteiger partial charge >= 0.3 is 0 Å². The summed E-state index contributed by atoms with van der Waals surface area (Å²) < 4.78 is 24.4. The molecule has 37 heavy (non-hydrogen) atoms. The van der Waals surface area contributed by atoms with Crippen molar-refractivity contribution in [2.75, 3.05) is 39.4 Å². The molecule has 1 fully saturated rings. The normalized spacial score (nSPS) is 15.3. The fourth-order valence-electron chi connectivity index (χ4n) is 4.87. The van der Waals surface area contributed by atoms with Crippen molar-refractivity contribution in [3.8, 4) is 23.0 Å². The van der Waals surface area contributed by atoms with Crippen molar-refractivity contribution in [2.45, 2.75) is 25.3 Å². The number of nitrogens with zero attached hydrogens (tertiary/aromatic N) is 3. The van der Waals surface area contributed by atoms with E-state index < -0.39 is 0 Å². The molecule has 0 bridgehead atoms. The van der Waals surface area contributed by atoms with Crippen LogP contribution in [0.3, 0.4) is 0 Å². The summed E-state index contributed by atoms with van der Waals surface area (Å²) in [5.41, 5.74) is 2.70. The van der Waals surface area contributed by atoms with Gasteiger partial charge in [-0.3, -0.25) is 4.79 Å². The Kier molecular flexibility index (Phi) is 7.16. The van der Waals surface area contributed by atoms with Crippen molar-refractivity contribution >= 4 is 22.6 Å². The van der Waals surface area contributed by atoms with Gasteiger partial charge in [-0.1, -0.05) is 18.2 Å². The van der Waals surface area contributed by atoms with E-state index in [0.717, 1.165) is 41.3 Å². The van der Waals surface area contributed by atoms with Crippen molar-refractivity contribution in [3.63, 3.8) is 0 Å². The Morgan fingerprint density at radius 3 is 2.49 bits per heavy atom. The third-order valence-electron chi connectivity index (χ3n) is 6.69. The maximum atomic E-state index is 13.2. The van der Waals surface area contributed by atoms with Crippen molar-refractivity contribution < 1.29 is 23.7 Å². The van der Waals surface area contributed by atoms with Gasteiger partial charge in [-0.05, 0) is 42.8 Å². The lowest BCUT2D eigenvalue weighted by Gasteiger charge is -2.20. The molecule has 0 spiro atoms. The SMILES string of the molecule is COc1cccc(OCCCn2c(C3CC(=O)N(c4cc(OC)ccc4OC)C3)nc3ccccc32)c1. The highest BCUT2D eigenvalue weighted by molar-refractivity contribution is 5.98. The lowest BCUT2D eigenvalue weighted by atomic mass is 10.1. The van der Waals surface area contributed by atoms with E-state index in [2.05, 4.69) is 10.6 Å². The van der Waals surface area contributed by atoms with Crippen molar-refractivity contribution in [3.05, 3.63) is 72.6 Å². The number of carbonyl (C=O) groups is 1. The van der Waals surface area contributed by atoms with E-state index in [9.17, 15) is 4.79 Å². The van der Waals surface area contributed by atoms with Crippen molar-refractivity contribution in [1.82, 2.24) is 9.55 Å². The van der Waals surface area contributed by atoms with Crippen LogP contribution in [0.2, 0.25) is 0 Å². The average molecular weight is 502 g/mol. The number of aryl methyl sites for hydroxylation is 1. The van der Waals surface area contributed by atoms with Gasteiger partial charge in [0.1, 0.15) is 28.8 Å². The van der Waals surface area contributed by atoms with Crippen LogP contribution in [0.15, 0.2) is 66.7 Å². The molecule has 1 amide bonds. The molecule has 1 unspecified atom stereocenters. The second-order valence-electron chi connectivity index (χ2n) is 8.93. The molecule has 1 aliphatic heterocycles. The average Bonchev–Trinajstić information content (AvgIpc) is 3.51. The van der Waals surface area contributed by atoms with E-state index in [0.29, 0.717) is 36.8 Å². The number of benzene rings is 3. The number of imidazole rings is 1. The number of anilines is 1. The van der Waals surface area contributed by atoms with E-state index in [1.807, 2.05) is 60.7 Å². The molecule has 1 aliphatic rings. The van der Waals surface area contributed by atoms with Gasteiger partial charge < -0.3 is 28.4 Å². The molecule has 1 aromatic heterocycles. The van der Waals surface area contributed by atoms with E-state index in [1.54, 1.807) is 26.2 Å². The molecular weight excluding hydrogens is 470 g/mol. The summed E-state index contributed by atoms with van der Waals surface area (Å²) >= 11 is 0. The highest BCUT2D eigenvalue weighted by atomic mass is 16.5. The fraction of sp³-hybridized carbons (Fsp3) is 0.310. The molecule has 0 radical (unpaired) electrons. The van der Waals surface area contributed by atoms with Crippen LogP contribution >= 0.6 is 0 Å². The number of fused-ring (bicyclic) bond motifs is 1. The maximum absolute atomic E-state index is 13.2. The first-order valence-electron chi connectivity index (χ1n) is 12.4. The van der Waals surface area contributed by atoms with Gasteiger partial charge in [0, 0.05) is 37.6 Å². The van der Waals surface area contributed by atoms with Crippen LogP contribution in [-0.4, -0.2) is 49.9 Å². The standard InChI is InChI=1S/C29H31N3O5/c1-34-21-8-6-9-23(17-21)37-15-7-14-31-25-11-5-4-10-24(25)30-29(31)20-16-28(33)32(19-20)26-18-22(35-2)12-13-27(26)36-3/h4-6,8-13,17-18,20H,7,14-16,19H2,1-3H3. The number of hydrogen-bond donors (Lipinski definition) is 0. The predicted octanol–water partition coefficient (Wildman–Crippen LogP) is 5.05. The molecular formula is C29H31N3O5. The third-order valence-corrected chi connectivity index (χ3v) is 6.69. The second kappa shape index (κ2) is 10.8. The molecule has 0 N–H and O–H groups in total. The van der Waals surface area contributed by atoms with Gasteiger partial charge in [-0.2, -0.15) is 0 Å². The predicted molar refractivity (Wildman–Crippen MR) is 142 cm³/mol. The first-order chi connectivity index (χ1) is 18.1.